The van der Waals surface area contributed by atoms with Crippen LogP contribution in [0.25, 0.3) is 0 Å². The average molecular weight is 138 g/mol. The van der Waals surface area contributed by atoms with Crippen LogP contribution in [-0.2, 0) is 6.54 Å². The fraction of sp³-hybridized carbons (Fsp3) is 0.500. The van der Waals surface area contributed by atoms with Gasteiger partial charge in [0, 0.05) is 6.54 Å². The number of nitrogens with two attached hydrogens (primary N) is 1. The Labute approximate surface area is 59.0 Å². The minimum atomic E-state index is 0.789. The van der Waals surface area contributed by atoms with E-state index in [0.29, 0.717) is 0 Å². The molecule has 2 rings (SSSR count). The van der Waals surface area contributed by atoms with Crippen LogP contribution in [-0.4, -0.2) is 16.3 Å². The van der Waals surface area contributed by atoms with Crippen LogP contribution in [0.1, 0.15) is 5.69 Å². The van der Waals surface area contributed by atoms with E-state index in [-0.39, 0.29) is 0 Å². The molecule has 1 aliphatic heterocycles. The molecule has 1 aromatic heterocycles. The van der Waals surface area contributed by atoms with Gasteiger partial charge in [0.2, 0.25) is 0 Å². The maximum atomic E-state index is 5.71. The molecule has 0 unspecified atom stereocenters. The molecule has 0 saturated heterocycles. The Morgan fingerprint density at radius 2 is 2.50 bits per heavy atom. The second kappa shape index (κ2) is 1.65. The van der Waals surface area contributed by atoms with E-state index in [4.69, 9.17) is 5.73 Å². The molecule has 10 heavy (non-hydrogen) atoms. The highest BCUT2D eigenvalue weighted by Gasteiger charge is 2.15. The number of hydrogen-bond donors (Lipinski definition) is 2. The molecule has 1 aromatic rings. The minimum Gasteiger partial charge on any atom is -0.394 e. The van der Waals surface area contributed by atoms with Crippen molar-refractivity contribution in [3.05, 3.63) is 5.69 Å². The number of fused-ring (bicyclic) bond motifs is 1. The van der Waals surface area contributed by atoms with Gasteiger partial charge >= 0.3 is 0 Å². The molecule has 0 amide bonds. The molecule has 0 aliphatic carbocycles. The third-order valence-corrected chi connectivity index (χ3v) is 1.79. The highest BCUT2D eigenvalue weighted by molar-refractivity contribution is 5.65. The molecule has 1 aliphatic rings. The highest BCUT2D eigenvalue weighted by atomic mass is 15.4. The third kappa shape index (κ3) is 0.531. The van der Waals surface area contributed by atoms with Gasteiger partial charge in [-0.3, -0.25) is 0 Å². The number of nitrogen functional groups attached to an aromatic ring is 1. The maximum Gasteiger partial charge on any atom is 0.148 e. The molecule has 0 aromatic carbocycles. The minimum absolute atomic E-state index is 0.789. The number of nitrogens with zero attached hydrogens (tertiary/aromatic N) is 2. The molecule has 0 atom stereocenters. The van der Waals surface area contributed by atoms with E-state index >= 15 is 0 Å². The zero-order chi connectivity index (χ0) is 7.14. The van der Waals surface area contributed by atoms with Crippen LogP contribution in [0.2, 0.25) is 0 Å². The number of anilines is 2. The first-order valence-electron chi connectivity index (χ1n) is 3.36. The zero-order valence-corrected chi connectivity index (χ0v) is 5.89. The van der Waals surface area contributed by atoms with E-state index in [2.05, 4.69) is 10.4 Å². The van der Waals surface area contributed by atoms with Crippen molar-refractivity contribution in [2.24, 2.45) is 0 Å². The van der Waals surface area contributed by atoms with Crippen molar-refractivity contribution in [1.82, 2.24) is 9.78 Å². The third-order valence-electron chi connectivity index (χ3n) is 1.79. The molecule has 0 saturated carbocycles. The molecule has 4 nitrogen and oxygen atoms in total. The SMILES string of the molecule is Cc1nn2c(c1N)NCC2. The highest BCUT2D eigenvalue weighted by Crippen LogP contribution is 2.24. The van der Waals surface area contributed by atoms with Gasteiger partial charge in [0.15, 0.2) is 0 Å². The second-order valence-electron chi connectivity index (χ2n) is 2.50. The van der Waals surface area contributed by atoms with Crippen molar-refractivity contribution < 1.29 is 0 Å². The van der Waals surface area contributed by atoms with Crippen molar-refractivity contribution in [3.63, 3.8) is 0 Å². The lowest BCUT2D eigenvalue weighted by atomic mass is 10.4. The van der Waals surface area contributed by atoms with Crippen LogP contribution in [0, 0.1) is 6.92 Å². The van der Waals surface area contributed by atoms with E-state index in [1.165, 1.54) is 0 Å². The maximum absolute atomic E-state index is 5.71. The molecule has 0 radical (unpaired) electrons. The first-order chi connectivity index (χ1) is 4.79. The van der Waals surface area contributed by atoms with E-state index in [0.717, 1.165) is 30.3 Å². The molecule has 2 heterocycles. The molecule has 0 fully saturated rings. The fourth-order valence-electron chi connectivity index (χ4n) is 1.22. The molecule has 54 valence electrons. The number of rotatable bonds is 0. The summed E-state index contributed by atoms with van der Waals surface area (Å²) in [7, 11) is 0. The standard InChI is InChI=1S/C6H10N4/c1-4-5(7)6-8-2-3-10(6)9-4/h8H,2-3,7H2,1H3. The Balaban J connectivity index is 2.59. The van der Waals surface area contributed by atoms with Gasteiger partial charge in [-0.05, 0) is 6.92 Å². The van der Waals surface area contributed by atoms with Crippen LogP contribution < -0.4 is 11.1 Å². The lowest BCUT2D eigenvalue weighted by Crippen LogP contribution is -1.98. The van der Waals surface area contributed by atoms with Gasteiger partial charge in [-0.25, -0.2) is 4.68 Å². The van der Waals surface area contributed by atoms with Crippen molar-refractivity contribution in [2.45, 2.75) is 13.5 Å². The summed E-state index contributed by atoms with van der Waals surface area (Å²) in [5.41, 5.74) is 7.42. The quantitative estimate of drug-likeness (QED) is 0.538. The zero-order valence-electron chi connectivity index (χ0n) is 5.89. The van der Waals surface area contributed by atoms with Crippen LogP contribution in [0.4, 0.5) is 11.5 Å². The first kappa shape index (κ1) is 5.58. The van der Waals surface area contributed by atoms with Crippen LogP contribution in [0.5, 0.6) is 0 Å². The van der Waals surface area contributed by atoms with Gasteiger partial charge < -0.3 is 11.1 Å². The molecule has 0 bridgehead atoms. The topological polar surface area (TPSA) is 55.9 Å². The number of nitrogens with one attached hydrogen (secondary N) is 1. The number of aromatic nitrogens is 2. The van der Waals surface area contributed by atoms with Crippen molar-refractivity contribution >= 4 is 11.5 Å². The summed E-state index contributed by atoms with van der Waals surface area (Å²) < 4.78 is 1.91. The summed E-state index contributed by atoms with van der Waals surface area (Å²) in [6.45, 7) is 3.81. The molecular weight excluding hydrogens is 128 g/mol. The summed E-state index contributed by atoms with van der Waals surface area (Å²) in [6.07, 6.45) is 0. The van der Waals surface area contributed by atoms with Crippen molar-refractivity contribution in [3.8, 4) is 0 Å². The molecule has 3 N–H and O–H groups in total. The predicted octanol–water partition coefficient (Wildman–Crippen LogP) is 0.199. The Bertz CT molecular complexity index is 263. The van der Waals surface area contributed by atoms with Gasteiger partial charge in [0.05, 0.1) is 17.9 Å². The lowest BCUT2D eigenvalue weighted by molar-refractivity contribution is 0.688. The van der Waals surface area contributed by atoms with Crippen LogP contribution in [0.3, 0.4) is 0 Å². The summed E-state index contributed by atoms with van der Waals surface area (Å²) in [5.74, 6) is 0.984. The van der Waals surface area contributed by atoms with Crippen LogP contribution in [0.15, 0.2) is 0 Å². The summed E-state index contributed by atoms with van der Waals surface area (Å²) in [4.78, 5) is 0. The van der Waals surface area contributed by atoms with E-state index in [9.17, 15) is 0 Å². The molecular formula is C6H10N4. The van der Waals surface area contributed by atoms with Crippen molar-refractivity contribution in [2.75, 3.05) is 17.6 Å². The summed E-state index contributed by atoms with van der Waals surface area (Å²) in [5, 5.41) is 7.38. The second-order valence-corrected chi connectivity index (χ2v) is 2.50. The lowest BCUT2D eigenvalue weighted by Gasteiger charge is -1.92. The van der Waals surface area contributed by atoms with Crippen molar-refractivity contribution in [1.29, 1.82) is 0 Å². The van der Waals surface area contributed by atoms with Gasteiger partial charge in [0.1, 0.15) is 5.82 Å². The Kier molecular flexibility index (Phi) is 0.922. The summed E-state index contributed by atoms with van der Waals surface area (Å²) >= 11 is 0. The largest absolute Gasteiger partial charge is 0.394 e. The molecule has 0 spiro atoms. The Hall–Kier alpha value is -1.19. The molecule has 4 heteroatoms. The van der Waals surface area contributed by atoms with E-state index in [1.54, 1.807) is 0 Å². The normalized spacial score (nSPS) is 14.9. The summed E-state index contributed by atoms with van der Waals surface area (Å²) in [6, 6.07) is 0. The average Bonchev–Trinajstić information content (AvgIpc) is 2.41. The number of hydrogen-bond acceptors (Lipinski definition) is 3. The van der Waals surface area contributed by atoms with Gasteiger partial charge in [0.25, 0.3) is 0 Å². The fourth-order valence-corrected chi connectivity index (χ4v) is 1.22. The van der Waals surface area contributed by atoms with Crippen LogP contribution >= 0.6 is 0 Å². The predicted molar refractivity (Wildman–Crippen MR) is 39.9 cm³/mol. The Morgan fingerprint density at radius 1 is 1.70 bits per heavy atom. The van der Waals surface area contributed by atoms with Gasteiger partial charge in [-0.15, -0.1) is 0 Å². The van der Waals surface area contributed by atoms with E-state index < -0.39 is 0 Å². The Morgan fingerprint density at radius 3 is 3.20 bits per heavy atom. The smallest absolute Gasteiger partial charge is 0.148 e. The van der Waals surface area contributed by atoms with Gasteiger partial charge in [-0.2, -0.15) is 5.10 Å². The van der Waals surface area contributed by atoms with E-state index in [1.807, 2.05) is 11.6 Å². The van der Waals surface area contributed by atoms with Gasteiger partial charge in [-0.1, -0.05) is 0 Å². The monoisotopic (exact) mass is 138 g/mol. The first-order valence-corrected chi connectivity index (χ1v) is 3.36. The number of aryl methyl sites for hydroxylation is 1.